The molecule has 1 saturated carbocycles. The van der Waals surface area contributed by atoms with Gasteiger partial charge < -0.3 is 10.5 Å². The highest BCUT2D eigenvalue weighted by Gasteiger charge is 2.41. The maximum Gasteiger partial charge on any atom is 0.137 e. The Balaban J connectivity index is 2.62. The Bertz CT molecular complexity index is 224. The number of methoxy groups -OCH3 is 1. The molecule has 4 atom stereocenters. The first-order valence-electron chi connectivity index (χ1n) is 6.91. The number of rotatable bonds is 6. The van der Waals surface area contributed by atoms with Crippen LogP contribution < -0.4 is 5.73 Å². The molecule has 2 N–H and O–H groups in total. The molecule has 0 aromatic heterocycles. The summed E-state index contributed by atoms with van der Waals surface area (Å²) in [5.41, 5.74) is 4.34. The molecule has 102 valence electrons. The minimum absolute atomic E-state index is 0.153. The lowest BCUT2D eigenvalue weighted by atomic mass is 9.69. The summed E-state index contributed by atoms with van der Waals surface area (Å²) in [6.07, 6.45) is 4.43. The first-order chi connectivity index (χ1) is 8.03. The van der Waals surface area contributed by atoms with Gasteiger partial charge in [0.25, 0.3) is 0 Å². The van der Waals surface area contributed by atoms with E-state index in [0.717, 1.165) is 31.6 Å². The second-order valence-electron chi connectivity index (χ2n) is 5.82. The molecule has 0 saturated heterocycles. The van der Waals surface area contributed by atoms with Gasteiger partial charge in [0.15, 0.2) is 0 Å². The third-order valence-corrected chi connectivity index (χ3v) is 4.51. The van der Waals surface area contributed by atoms with Crippen molar-refractivity contribution in [2.75, 3.05) is 20.3 Å². The van der Waals surface area contributed by atoms with Crippen LogP contribution >= 0.6 is 0 Å². The molecule has 0 heterocycles. The topological polar surface area (TPSA) is 35.2 Å². The van der Waals surface area contributed by atoms with E-state index in [1.54, 1.807) is 7.11 Å². The fourth-order valence-electron chi connectivity index (χ4n) is 3.05. The van der Waals surface area contributed by atoms with Gasteiger partial charge in [-0.25, -0.2) is 4.39 Å². The lowest BCUT2D eigenvalue weighted by molar-refractivity contribution is -0.0373. The molecule has 0 aliphatic heterocycles. The van der Waals surface area contributed by atoms with Gasteiger partial charge in [-0.15, -0.1) is 0 Å². The minimum Gasteiger partial charge on any atom is -0.381 e. The highest BCUT2D eigenvalue weighted by molar-refractivity contribution is 4.91. The number of hydrogen-bond acceptors (Lipinski definition) is 2. The molecule has 4 unspecified atom stereocenters. The predicted octanol–water partition coefficient (Wildman–Crippen LogP) is 3.15. The SMILES string of the molecule is COCC(F)(CCCN)C1CCC(C)C(C)C1. The molecular formula is C14H28FNO. The summed E-state index contributed by atoms with van der Waals surface area (Å²) in [5, 5.41) is 0. The second-order valence-corrected chi connectivity index (χ2v) is 5.82. The molecule has 0 amide bonds. The maximum absolute atomic E-state index is 15.0. The molecule has 1 fully saturated rings. The van der Waals surface area contributed by atoms with Crippen LogP contribution in [0.5, 0.6) is 0 Å². The summed E-state index contributed by atoms with van der Waals surface area (Å²) in [6.45, 7) is 5.30. The van der Waals surface area contributed by atoms with Crippen LogP contribution in [0.4, 0.5) is 4.39 Å². The molecule has 0 bridgehead atoms. The van der Waals surface area contributed by atoms with Crippen LogP contribution in [0.3, 0.4) is 0 Å². The van der Waals surface area contributed by atoms with Gasteiger partial charge in [-0.1, -0.05) is 20.3 Å². The molecule has 0 aromatic rings. The Kier molecular flexibility index (Phi) is 5.87. The third kappa shape index (κ3) is 3.92. The van der Waals surface area contributed by atoms with E-state index in [1.165, 1.54) is 0 Å². The van der Waals surface area contributed by atoms with Crippen LogP contribution in [-0.2, 0) is 4.74 Å². The largest absolute Gasteiger partial charge is 0.381 e. The molecule has 2 nitrogen and oxygen atoms in total. The van der Waals surface area contributed by atoms with Gasteiger partial charge in [0, 0.05) is 7.11 Å². The van der Waals surface area contributed by atoms with Crippen molar-refractivity contribution in [2.24, 2.45) is 23.5 Å². The molecule has 0 radical (unpaired) electrons. The monoisotopic (exact) mass is 245 g/mol. The van der Waals surface area contributed by atoms with Crippen LogP contribution in [0.25, 0.3) is 0 Å². The molecule has 1 aliphatic rings. The lowest BCUT2D eigenvalue weighted by Gasteiger charge is -2.40. The Hall–Kier alpha value is -0.150. The summed E-state index contributed by atoms with van der Waals surface area (Å²) in [4.78, 5) is 0. The van der Waals surface area contributed by atoms with Crippen molar-refractivity contribution >= 4 is 0 Å². The fraction of sp³-hybridized carbons (Fsp3) is 1.00. The average molecular weight is 245 g/mol. The average Bonchev–Trinajstić information content (AvgIpc) is 2.30. The molecule has 1 aliphatic carbocycles. The van der Waals surface area contributed by atoms with E-state index in [-0.39, 0.29) is 12.5 Å². The molecule has 1 rings (SSSR count). The molecule has 0 spiro atoms. The van der Waals surface area contributed by atoms with Crippen molar-refractivity contribution in [3.63, 3.8) is 0 Å². The fourth-order valence-corrected chi connectivity index (χ4v) is 3.05. The second kappa shape index (κ2) is 6.69. The van der Waals surface area contributed by atoms with Crippen molar-refractivity contribution < 1.29 is 9.13 Å². The van der Waals surface area contributed by atoms with Crippen LogP contribution in [0.15, 0.2) is 0 Å². The summed E-state index contributed by atoms with van der Waals surface area (Å²) in [7, 11) is 1.59. The van der Waals surface area contributed by atoms with Gasteiger partial charge in [-0.2, -0.15) is 0 Å². The zero-order chi connectivity index (χ0) is 12.9. The summed E-state index contributed by atoms with van der Waals surface area (Å²) in [5.74, 6) is 1.51. The van der Waals surface area contributed by atoms with Gasteiger partial charge in [0.05, 0.1) is 6.61 Å². The van der Waals surface area contributed by atoms with Crippen molar-refractivity contribution in [1.82, 2.24) is 0 Å². The highest BCUT2D eigenvalue weighted by atomic mass is 19.1. The number of ether oxygens (including phenoxy) is 1. The first kappa shape index (κ1) is 14.9. The van der Waals surface area contributed by atoms with Crippen LogP contribution in [0, 0.1) is 17.8 Å². The van der Waals surface area contributed by atoms with E-state index in [1.807, 2.05) is 0 Å². The van der Waals surface area contributed by atoms with Crippen LogP contribution in [0.1, 0.15) is 46.0 Å². The van der Waals surface area contributed by atoms with Crippen molar-refractivity contribution in [3.05, 3.63) is 0 Å². The number of hydrogen-bond donors (Lipinski definition) is 1. The Morgan fingerprint density at radius 3 is 2.53 bits per heavy atom. The third-order valence-electron chi connectivity index (χ3n) is 4.51. The van der Waals surface area contributed by atoms with E-state index < -0.39 is 5.67 Å². The van der Waals surface area contributed by atoms with Gasteiger partial charge >= 0.3 is 0 Å². The van der Waals surface area contributed by atoms with Gasteiger partial charge in [-0.05, 0) is 50.0 Å². The first-order valence-corrected chi connectivity index (χ1v) is 6.91. The zero-order valence-electron chi connectivity index (χ0n) is 11.5. The standard InChI is InChI=1S/C14H28FNO/c1-11-5-6-13(9-12(11)2)14(15,10-17-3)7-4-8-16/h11-13H,4-10,16H2,1-3H3. The quantitative estimate of drug-likeness (QED) is 0.780. The van der Waals surface area contributed by atoms with Gasteiger partial charge in [0.2, 0.25) is 0 Å². The Morgan fingerprint density at radius 2 is 2.00 bits per heavy atom. The van der Waals surface area contributed by atoms with E-state index in [2.05, 4.69) is 13.8 Å². The zero-order valence-corrected chi connectivity index (χ0v) is 11.5. The minimum atomic E-state index is -1.16. The Morgan fingerprint density at radius 1 is 1.29 bits per heavy atom. The number of alkyl halides is 1. The molecular weight excluding hydrogens is 217 g/mol. The van der Waals surface area contributed by atoms with Crippen LogP contribution in [-0.4, -0.2) is 25.9 Å². The molecule has 0 aromatic carbocycles. The Labute approximate surface area is 105 Å². The van der Waals surface area contributed by atoms with Crippen molar-refractivity contribution in [1.29, 1.82) is 0 Å². The van der Waals surface area contributed by atoms with Crippen LogP contribution in [0.2, 0.25) is 0 Å². The summed E-state index contributed by atoms with van der Waals surface area (Å²) >= 11 is 0. The van der Waals surface area contributed by atoms with Gasteiger partial charge in [0.1, 0.15) is 5.67 Å². The number of halogens is 1. The summed E-state index contributed by atoms with van der Waals surface area (Å²) < 4.78 is 20.1. The van der Waals surface area contributed by atoms with Gasteiger partial charge in [-0.3, -0.25) is 0 Å². The van der Waals surface area contributed by atoms with E-state index >= 15 is 0 Å². The number of nitrogens with two attached hydrogens (primary N) is 1. The lowest BCUT2D eigenvalue weighted by Crippen LogP contribution is -2.42. The molecule has 3 heteroatoms. The van der Waals surface area contributed by atoms with E-state index in [4.69, 9.17) is 10.5 Å². The smallest absolute Gasteiger partial charge is 0.137 e. The van der Waals surface area contributed by atoms with E-state index in [0.29, 0.717) is 18.9 Å². The van der Waals surface area contributed by atoms with Crippen molar-refractivity contribution in [2.45, 2.75) is 51.6 Å². The molecule has 17 heavy (non-hydrogen) atoms. The highest BCUT2D eigenvalue weighted by Crippen LogP contribution is 2.42. The normalized spacial score (nSPS) is 33.4. The van der Waals surface area contributed by atoms with Crippen molar-refractivity contribution in [3.8, 4) is 0 Å². The summed E-state index contributed by atoms with van der Waals surface area (Å²) in [6, 6.07) is 0. The maximum atomic E-state index is 15.0. The predicted molar refractivity (Wildman–Crippen MR) is 69.7 cm³/mol. The van der Waals surface area contributed by atoms with E-state index in [9.17, 15) is 4.39 Å².